The van der Waals surface area contributed by atoms with E-state index in [1.54, 1.807) is 18.3 Å². The van der Waals surface area contributed by atoms with Gasteiger partial charge in [-0.2, -0.15) is 0 Å². The second-order valence-electron chi connectivity index (χ2n) is 8.03. The van der Waals surface area contributed by atoms with Crippen LogP contribution in [0.2, 0.25) is 0 Å². The van der Waals surface area contributed by atoms with Crippen LogP contribution in [0.3, 0.4) is 0 Å². The second kappa shape index (κ2) is 7.11. The summed E-state index contributed by atoms with van der Waals surface area (Å²) in [5.41, 5.74) is 3.60. The number of rotatable bonds is 4. The lowest BCUT2D eigenvalue weighted by Gasteiger charge is -2.39. The van der Waals surface area contributed by atoms with E-state index in [-0.39, 0.29) is 12.6 Å². The van der Waals surface area contributed by atoms with Crippen LogP contribution in [0.25, 0.3) is 10.9 Å². The molecule has 0 fully saturated rings. The summed E-state index contributed by atoms with van der Waals surface area (Å²) in [4.78, 5) is 11.7. The minimum atomic E-state index is -3.26. The summed E-state index contributed by atoms with van der Waals surface area (Å²) in [6.07, 6.45) is 2.93. The van der Waals surface area contributed by atoms with Crippen molar-refractivity contribution in [1.82, 2.24) is 14.5 Å². The Morgan fingerprint density at radius 1 is 1.24 bits per heavy atom. The Morgan fingerprint density at radius 2 is 2.00 bits per heavy atom. The lowest BCUT2D eigenvalue weighted by atomic mass is 9.97. The Kier molecular flexibility index (Phi) is 4.86. The Hall–Kier alpha value is -2.45. The average Bonchev–Trinajstić information content (AvgIpc) is 3.04. The smallest absolute Gasteiger partial charge is 0.226 e. The number of anilines is 1. The van der Waals surface area contributed by atoms with Gasteiger partial charge in [0.1, 0.15) is 0 Å². The molecular weight excluding hydrogens is 388 g/mol. The summed E-state index contributed by atoms with van der Waals surface area (Å²) in [5.74, 6) is 0.959. The first kappa shape index (κ1) is 19.8. The fourth-order valence-electron chi connectivity index (χ4n) is 4.19. The van der Waals surface area contributed by atoms with Crippen molar-refractivity contribution in [3.8, 4) is 0 Å². The highest BCUT2D eigenvalue weighted by atomic mass is 32.2. The molecule has 1 aliphatic rings. The first-order valence-electron chi connectivity index (χ1n) is 9.74. The minimum absolute atomic E-state index is 0.0669. The van der Waals surface area contributed by atoms with E-state index >= 15 is 0 Å². The fraction of sp³-hybridized carbons (Fsp3) is 0.429. The van der Waals surface area contributed by atoms with Gasteiger partial charge >= 0.3 is 0 Å². The molecule has 1 aromatic carbocycles. The molecule has 8 heteroatoms. The van der Waals surface area contributed by atoms with Gasteiger partial charge in [0.25, 0.3) is 0 Å². The zero-order chi connectivity index (χ0) is 20.9. The molecule has 3 aromatic rings. The van der Waals surface area contributed by atoms with E-state index in [1.165, 1.54) is 6.26 Å². The molecule has 29 heavy (non-hydrogen) atoms. The number of aliphatic hydroxyl groups is 1. The predicted molar refractivity (Wildman–Crippen MR) is 113 cm³/mol. The molecule has 0 unspecified atom stereocenters. The zero-order valence-electron chi connectivity index (χ0n) is 17.1. The van der Waals surface area contributed by atoms with E-state index in [9.17, 15) is 13.5 Å². The van der Waals surface area contributed by atoms with Crippen LogP contribution in [0.1, 0.15) is 36.8 Å². The molecule has 0 saturated carbocycles. The number of hydrogen-bond donors (Lipinski definition) is 1. The van der Waals surface area contributed by atoms with Crippen molar-refractivity contribution in [2.24, 2.45) is 5.92 Å². The number of aromatic nitrogens is 3. The van der Waals surface area contributed by atoms with Crippen LogP contribution in [0.4, 0.5) is 5.95 Å². The van der Waals surface area contributed by atoms with Crippen LogP contribution >= 0.6 is 0 Å². The average molecular weight is 415 g/mol. The van der Waals surface area contributed by atoms with Gasteiger partial charge in [-0.15, -0.1) is 0 Å². The molecule has 0 aliphatic carbocycles. The van der Waals surface area contributed by atoms with E-state index in [1.807, 2.05) is 13.0 Å². The fourth-order valence-corrected chi connectivity index (χ4v) is 4.83. The van der Waals surface area contributed by atoms with Crippen molar-refractivity contribution in [2.45, 2.75) is 44.9 Å². The number of sulfone groups is 1. The summed E-state index contributed by atoms with van der Waals surface area (Å²) >= 11 is 0. The van der Waals surface area contributed by atoms with E-state index < -0.39 is 9.84 Å². The molecule has 3 heterocycles. The summed E-state index contributed by atoms with van der Waals surface area (Å²) in [5, 5.41) is 10.4. The van der Waals surface area contributed by atoms with Gasteiger partial charge in [0.15, 0.2) is 9.84 Å². The standard InChI is InChI=1S/C21H26N4O3S/c1-13(2)20-19-9-15-5-6-17(29(4,27)28)10-18(15)24(19)7-8-25(20)21-22-11-16(12-26)14(3)23-21/h5-6,9-11,13,20,26H,7-8,12H2,1-4H3/t20-/m1/s1. The Labute approximate surface area is 170 Å². The molecule has 0 radical (unpaired) electrons. The maximum absolute atomic E-state index is 12.0. The van der Waals surface area contributed by atoms with Gasteiger partial charge in [-0.25, -0.2) is 18.4 Å². The van der Waals surface area contributed by atoms with Crippen LogP contribution in [-0.2, 0) is 23.0 Å². The molecule has 2 aromatic heterocycles. The number of nitrogens with zero attached hydrogens (tertiary/aromatic N) is 4. The first-order valence-corrected chi connectivity index (χ1v) is 11.6. The van der Waals surface area contributed by atoms with Crippen molar-refractivity contribution in [1.29, 1.82) is 0 Å². The third-order valence-corrected chi connectivity index (χ3v) is 6.78. The molecule has 0 bridgehead atoms. The number of aryl methyl sites for hydroxylation is 1. The number of fused-ring (bicyclic) bond motifs is 3. The summed E-state index contributed by atoms with van der Waals surface area (Å²) < 4.78 is 26.2. The van der Waals surface area contributed by atoms with Crippen molar-refractivity contribution in [3.63, 3.8) is 0 Å². The normalized spacial score (nSPS) is 17.2. The first-order chi connectivity index (χ1) is 13.7. The van der Waals surface area contributed by atoms with E-state index in [4.69, 9.17) is 0 Å². The molecule has 0 spiro atoms. The number of hydrogen-bond acceptors (Lipinski definition) is 6. The van der Waals surface area contributed by atoms with Crippen molar-refractivity contribution >= 4 is 26.7 Å². The monoisotopic (exact) mass is 414 g/mol. The Morgan fingerprint density at radius 3 is 2.62 bits per heavy atom. The Balaban J connectivity index is 1.83. The van der Waals surface area contributed by atoms with E-state index in [0.29, 0.717) is 16.8 Å². The molecule has 154 valence electrons. The van der Waals surface area contributed by atoms with Gasteiger partial charge in [0.05, 0.1) is 17.5 Å². The van der Waals surface area contributed by atoms with Crippen molar-refractivity contribution < 1.29 is 13.5 Å². The van der Waals surface area contributed by atoms with Crippen LogP contribution in [0.5, 0.6) is 0 Å². The molecular formula is C21H26N4O3S. The van der Waals surface area contributed by atoms with Gasteiger partial charge in [-0.05, 0) is 31.0 Å². The second-order valence-corrected chi connectivity index (χ2v) is 10.1. The van der Waals surface area contributed by atoms with Crippen LogP contribution in [-0.4, -0.2) is 40.9 Å². The molecule has 4 rings (SSSR count). The highest BCUT2D eigenvalue weighted by Gasteiger charge is 2.33. The highest BCUT2D eigenvalue weighted by Crippen LogP contribution is 2.38. The Bertz CT molecular complexity index is 1180. The lowest BCUT2D eigenvalue weighted by Crippen LogP contribution is -2.41. The molecule has 7 nitrogen and oxygen atoms in total. The number of aliphatic hydroxyl groups excluding tert-OH is 1. The maximum Gasteiger partial charge on any atom is 0.226 e. The molecule has 1 atom stereocenters. The SMILES string of the molecule is Cc1nc(N2CCn3c(cc4ccc(S(C)(=O)=O)cc43)[C@H]2C(C)C)ncc1CO. The predicted octanol–water partition coefficient (Wildman–Crippen LogP) is 2.85. The van der Waals surface area contributed by atoms with Crippen molar-refractivity contribution in [2.75, 3.05) is 17.7 Å². The largest absolute Gasteiger partial charge is 0.392 e. The minimum Gasteiger partial charge on any atom is -0.392 e. The third kappa shape index (κ3) is 3.40. The van der Waals surface area contributed by atoms with Gasteiger partial charge in [0, 0.05) is 53.4 Å². The zero-order valence-corrected chi connectivity index (χ0v) is 17.9. The van der Waals surface area contributed by atoms with Crippen LogP contribution in [0, 0.1) is 12.8 Å². The lowest BCUT2D eigenvalue weighted by molar-refractivity contribution is 0.280. The van der Waals surface area contributed by atoms with Gasteiger partial charge in [0.2, 0.25) is 5.95 Å². The highest BCUT2D eigenvalue weighted by molar-refractivity contribution is 7.90. The van der Waals surface area contributed by atoms with Crippen LogP contribution < -0.4 is 4.90 Å². The molecule has 1 aliphatic heterocycles. The van der Waals surface area contributed by atoms with Crippen LogP contribution in [0.15, 0.2) is 35.4 Å². The molecule has 0 amide bonds. The number of benzene rings is 1. The maximum atomic E-state index is 12.0. The quantitative estimate of drug-likeness (QED) is 0.706. The molecule has 1 N–H and O–H groups in total. The van der Waals surface area contributed by atoms with E-state index in [2.05, 4.69) is 39.3 Å². The van der Waals surface area contributed by atoms with Gasteiger partial charge in [-0.1, -0.05) is 19.9 Å². The third-order valence-electron chi connectivity index (χ3n) is 5.67. The summed E-state index contributed by atoms with van der Waals surface area (Å²) in [7, 11) is -3.26. The molecule has 0 saturated heterocycles. The topological polar surface area (TPSA) is 88.3 Å². The summed E-state index contributed by atoms with van der Waals surface area (Å²) in [6, 6.07) is 7.55. The van der Waals surface area contributed by atoms with Crippen molar-refractivity contribution in [3.05, 3.63) is 47.4 Å². The van der Waals surface area contributed by atoms with Gasteiger partial charge < -0.3 is 14.6 Å². The van der Waals surface area contributed by atoms with Gasteiger partial charge in [-0.3, -0.25) is 0 Å². The summed E-state index contributed by atoms with van der Waals surface area (Å²) in [6.45, 7) is 7.59. The van der Waals surface area contributed by atoms with E-state index in [0.717, 1.165) is 40.9 Å².